The van der Waals surface area contributed by atoms with E-state index in [2.05, 4.69) is 22.0 Å². The summed E-state index contributed by atoms with van der Waals surface area (Å²) in [5, 5.41) is 9.85. The minimum atomic E-state index is -0.00867. The number of piperidine rings is 1. The molecule has 2 rings (SSSR count). The smallest absolute Gasteiger partial charge is 0.127 e. The van der Waals surface area contributed by atoms with Gasteiger partial charge in [0.15, 0.2) is 0 Å². The third-order valence-electron chi connectivity index (χ3n) is 4.59. The first kappa shape index (κ1) is 17.2. The van der Waals surface area contributed by atoms with Crippen LogP contribution in [-0.4, -0.2) is 62.5 Å². The third-order valence-corrected chi connectivity index (χ3v) is 4.59. The van der Waals surface area contributed by atoms with Crippen molar-refractivity contribution >= 4 is 5.82 Å². The minimum absolute atomic E-state index is 0.00867. The molecule has 1 saturated heterocycles. The summed E-state index contributed by atoms with van der Waals surface area (Å²) in [6.07, 6.45) is 5.10. The number of aliphatic hydroxyl groups excluding tert-OH is 1. The molecule has 1 aliphatic heterocycles. The number of nitrogens with zero attached hydrogens (tertiary/aromatic N) is 3. The monoisotopic (exact) mass is 307 g/mol. The second-order valence-corrected chi connectivity index (χ2v) is 6.63. The highest BCUT2D eigenvalue weighted by molar-refractivity contribution is 5.37. The largest absolute Gasteiger partial charge is 0.396 e. The Hall–Kier alpha value is -1.17. The van der Waals surface area contributed by atoms with Crippen molar-refractivity contribution in [2.45, 2.75) is 25.8 Å². The summed E-state index contributed by atoms with van der Waals surface area (Å²) in [7, 11) is 5.72. The fourth-order valence-electron chi connectivity index (χ4n) is 3.21. The van der Waals surface area contributed by atoms with Crippen molar-refractivity contribution in [1.82, 2.24) is 9.88 Å². The SMILES string of the molecule is COCC[C@]1(CO)CCCN(Cc2ccc(N(C)C)nc2)C1. The van der Waals surface area contributed by atoms with E-state index in [4.69, 9.17) is 4.74 Å². The highest BCUT2D eigenvalue weighted by Gasteiger charge is 2.34. The second-order valence-electron chi connectivity index (χ2n) is 6.63. The summed E-state index contributed by atoms with van der Waals surface area (Å²) in [4.78, 5) is 8.92. The first-order valence-corrected chi connectivity index (χ1v) is 8.03. The summed E-state index contributed by atoms with van der Waals surface area (Å²) in [5.74, 6) is 0.979. The Labute approximate surface area is 133 Å². The van der Waals surface area contributed by atoms with Crippen LogP contribution in [0.3, 0.4) is 0 Å². The maximum Gasteiger partial charge on any atom is 0.127 e. The zero-order chi connectivity index (χ0) is 16.0. The van der Waals surface area contributed by atoms with E-state index in [1.807, 2.05) is 25.2 Å². The zero-order valence-corrected chi connectivity index (χ0v) is 14.1. The van der Waals surface area contributed by atoms with Gasteiger partial charge in [-0.25, -0.2) is 4.98 Å². The van der Waals surface area contributed by atoms with Crippen molar-refractivity contribution in [3.63, 3.8) is 0 Å². The van der Waals surface area contributed by atoms with E-state index < -0.39 is 0 Å². The fraction of sp³-hybridized carbons (Fsp3) is 0.706. The topological polar surface area (TPSA) is 48.8 Å². The third kappa shape index (κ3) is 4.41. The number of aliphatic hydroxyl groups is 1. The standard InChI is InChI=1S/C17H29N3O2/c1-19(2)16-6-5-15(11-18-16)12-20-9-4-7-17(13-20,14-21)8-10-22-3/h5-6,11,21H,4,7-10,12-14H2,1-3H3/t17-/m1/s1. The van der Waals surface area contributed by atoms with E-state index in [9.17, 15) is 5.11 Å². The van der Waals surface area contributed by atoms with Crippen LogP contribution in [0.1, 0.15) is 24.8 Å². The lowest BCUT2D eigenvalue weighted by Crippen LogP contribution is -2.45. The Morgan fingerprint density at radius 2 is 2.23 bits per heavy atom. The number of hydrogen-bond acceptors (Lipinski definition) is 5. The van der Waals surface area contributed by atoms with Crippen molar-refractivity contribution in [2.24, 2.45) is 5.41 Å². The van der Waals surface area contributed by atoms with Gasteiger partial charge >= 0.3 is 0 Å². The maximum atomic E-state index is 9.85. The summed E-state index contributed by atoms with van der Waals surface area (Å²) in [6.45, 7) is 3.88. The van der Waals surface area contributed by atoms with Gasteiger partial charge in [0.05, 0.1) is 6.61 Å². The maximum absolute atomic E-state index is 9.85. The summed E-state index contributed by atoms with van der Waals surface area (Å²) in [6, 6.07) is 4.20. The van der Waals surface area contributed by atoms with Gasteiger partial charge < -0.3 is 14.7 Å². The van der Waals surface area contributed by atoms with Crippen LogP contribution in [0.2, 0.25) is 0 Å². The Bertz CT molecular complexity index is 450. The molecule has 0 saturated carbocycles. The lowest BCUT2D eigenvalue weighted by Gasteiger charge is -2.42. The van der Waals surface area contributed by atoms with Crippen LogP contribution in [-0.2, 0) is 11.3 Å². The summed E-state index contributed by atoms with van der Waals surface area (Å²) >= 11 is 0. The van der Waals surface area contributed by atoms with Gasteiger partial charge in [-0.05, 0) is 37.4 Å². The predicted molar refractivity (Wildman–Crippen MR) is 89.1 cm³/mol. The second kappa shape index (κ2) is 7.90. The van der Waals surface area contributed by atoms with Crippen molar-refractivity contribution < 1.29 is 9.84 Å². The molecule has 1 fully saturated rings. The number of likely N-dealkylation sites (tertiary alicyclic amines) is 1. The quantitative estimate of drug-likeness (QED) is 0.832. The molecule has 0 bridgehead atoms. The number of hydrogen-bond donors (Lipinski definition) is 1. The Kier molecular flexibility index (Phi) is 6.17. The van der Waals surface area contributed by atoms with E-state index in [0.717, 1.165) is 44.7 Å². The molecule has 5 heteroatoms. The molecule has 0 radical (unpaired) electrons. The van der Waals surface area contributed by atoms with E-state index in [1.165, 1.54) is 5.56 Å². The molecular formula is C17H29N3O2. The van der Waals surface area contributed by atoms with Crippen molar-refractivity contribution in [2.75, 3.05) is 52.4 Å². The lowest BCUT2D eigenvalue weighted by atomic mass is 9.78. The summed E-state index contributed by atoms with van der Waals surface area (Å²) < 4.78 is 5.22. The fourth-order valence-corrected chi connectivity index (χ4v) is 3.21. The highest BCUT2D eigenvalue weighted by atomic mass is 16.5. The van der Waals surface area contributed by atoms with Crippen LogP contribution in [0, 0.1) is 5.41 Å². The molecule has 0 unspecified atom stereocenters. The van der Waals surface area contributed by atoms with Gasteiger partial charge in [-0.1, -0.05) is 6.07 Å². The van der Waals surface area contributed by atoms with E-state index in [1.54, 1.807) is 7.11 Å². The Morgan fingerprint density at radius 1 is 1.41 bits per heavy atom. The van der Waals surface area contributed by atoms with Crippen molar-refractivity contribution in [1.29, 1.82) is 0 Å². The average molecular weight is 307 g/mol. The van der Waals surface area contributed by atoms with Gasteiger partial charge in [0.25, 0.3) is 0 Å². The zero-order valence-electron chi connectivity index (χ0n) is 14.1. The molecule has 1 aromatic rings. The first-order chi connectivity index (χ1) is 10.6. The molecule has 1 aliphatic rings. The van der Waals surface area contributed by atoms with E-state index >= 15 is 0 Å². The molecule has 124 valence electrons. The van der Waals surface area contributed by atoms with Crippen LogP contribution in [0.25, 0.3) is 0 Å². The molecule has 5 nitrogen and oxygen atoms in total. The van der Waals surface area contributed by atoms with Crippen molar-refractivity contribution in [3.05, 3.63) is 23.9 Å². The highest BCUT2D eigenvalue weighted by Crippen LogP contribution is 2.33. The van der Waals surface area contributed by atoms with Gasteiger partial charge in [0, 0.05) is 52.5 Å². The molecule has 0 aromatic carbocycles. The van der Waals surface area contributed by atoms with Crippen LogP contribution < -0.4 is 4.90 Å². The van der Waals surface area contributed by atoms with Gasteiger partial charge in [-0.3, -0.25) is 4.90 Å². The van der Waals surface area contributed by atoms with Gasteiger partial charge in [-0.15, -0.1) is 0 Å². The van der Waals surface area contributed by atoms with Crippen LogP contribution in [0.4, 0.5) is 5.82 Å². The van der Waals surface area contributed by atoms with E-state index in [-0.39, 0.29) is 12.0 Å². The van der Waals surface area contributed by atoms with Crippen LogP contribution in [0.5, 0.6) is 0 Å². The number of pyridine rings is 1. The molecule has 0 aliphatic carbocycles. The molecule has 22 heavy (non-hydrogen) atoms. The average Bonchev–Trinajstić information content (AvgIpc) is 2.54. The summed E-state index contributed by atoms with van der Waals surface area (Å²) in [5.41, 5.74) is 1.22. The molecule has 1 N–H and O–H groups in total. The van der Waals surface area contributed by atoms with Gasteiger partial charge in [0.1, 0.15) is 5.82 Å². The molecule has 0 amide bonds. The van der Waals surface area contributed by atoms with Gasteiger partial charge in [-0.2, -0.15) is 0 Å². The minimum Gasteiger partial charge on any atom is -0.396 e. The van der Waals surface area contributed by atoms with Crippen LogP contribution >= 0.6 is 0 Å². The lowest BCUT2D eigenvalue weighted by molar-refractivity contribution is 0.00473. The molecule has 1 aromatic heterocycles. The van der Waals surface area contributed by atoms with Gasteiger partial charge in [0.2, 0.25) is 0 Å². The number of rotatable bonds is 7. The number of anilines is 1. The predicted octanol–water partition coefficient (Wildman–Crippen LogP) is 1.76. The number of aromatic nitrogens is 1. The van der Waals surface area contributed by atoms with Crippen molar-refractivity contribution in [3.8, 4) is 0 Å². The van der Waals surface area contributed by atoms with E-state index in [0.29, 0.717) is 6.61 Å². The number of methoxy groups -OCH3 is 1. The van der Waals surface area contributed by atoms with Crippen LogP contribution in [0.15, 0.2) is 18.3 Å². The number of ether oxygens (including phenoxy) is 1. The Balaban J connectivity index is 1.97. The molecule has 0 spiro atoms. The Morgan fingerprint density at radius 3 is 2.82 bits per heavy atom. The normalized spacial score (nSPS) is 22.7. The molecule has 1 atom stereocenters. The molecule has 2 heterocycles. The molecular weight excluding hydrogens is 278 g/mol. The first-order valence-electron chi connectivity index (χ1n) is 8.03.